The van der Waals surface area contributed by atoms with Crippen molar-refractivity contribution >= 4 is 5.78 Å². The van der Waals surface area contributed by atoms with E-state index in [-0.39, 0.29) is 0 Å². The fourth-order valence-corrected chi connectivity index (χ4v) is 4.02. The van der Waals surface area contributed by atoms with Crippen LogP contribution < -0.4 is 0 Å². The van der Waals surface area contributed by atoms with Crippen LogP contribution in [-0.4, -0.2) is 5.78 Å². The van der Waals surface area contributed by atoms with Gasteiger partial charge in [-0.05, 0) is 36.0 Å². The van der Waals surface area contributed by atoms with Gasteiger partial charge in [-0.25, -0.2) is 0 Å². The first-order valence-electron chi connectivity index (χ1n) is 6.98. The fourth-order valence-electron chi connectivity index (χ4n) is 4.02. The van der Waals surface area contributed by atoms with Gasteiger partial charge in [-0.3, -0.25) is 4.79 Å². The van der Waals surface area contributed by atoms with Gasteiger partial charge in [0.05, 0.1) is 0 Å². The van der Waals surface area contributed by atoms with Gasteiger partial charge in [-0.15, -0.1) is 0 Å². The van der Waals surface area contributed by atoms with Crippen LogP contribution in [0.3, 0.4) is 0 Å². The van der Waals surface area contributed by atoms with Crippen LogP contribution in [0.1, 0.15) is 59.8 Å². The highest BCUT2D eigenvalue weighted by Gasteiger charge is 2.48. The predicted octanol–water partition coefficient (Wildman–Crippen LogP) is 4.06. The minimum absolute atomic E-state index is 0.335. The van der Waals surface area contributed by atoms with Gasteiger partial charge in [0.25, 0.3) is 0 Å². The normalized spacial score (nSPS) is 44.6. The summed E-state index contributed by atoms with van der Waals surface area (Å²) in [5, 5.41) is 0. The molecule has 4 atom stereocenters. The van der Waals surface area contributed by atoms with Crippen LogP contribution in [0.5, 0.6) is 0 Å². The molecule has 2 aliphatic rings. The van der Waals surface area contributed by atoms with Gasteiger partial charge in [0, 0.05) is 12.3 Å². The number of hydrogen-bond donors (Lipinski definition) is 0. The van der Waals surface area contributed by atoms with Crippen molar-refractivity contribution in [1.29, 1.82) is 0 Å². The molecule has 0 aromatic carbocycles. The molecule has 2 aliphatic carbocycles. The third-order valence-electron chi connectivity index (χ3n) is 5.57. The number of ketones is 1. The molecule has 0 heterocycles. The molecule has 0 aromatic rings. The van der Waals surface area contributed by atoms with Crippen molar-refractivity contribution < 1.29 is 4.79 Å². The zero-order valence-electron chi connectivity index (χ0n) is 11.3. The Balaban J connectivity index is 2.21. The monoisotopic (exact) mass is 222 g/mol. The molecule has 0 amide bonds. The Morgan fingerprint density at radius 3 is 2.62 bits per heavy atom. The van der Waals surface area contributed by atoms with Crippen molar-refractivity contribution in [2.24, 2.45) is 29.1 Å². The number of fused-ring (bicyclic) bond motifs is 1. The van der Waals surface area contributed by atoms with E-state index in [2.05, 4.69) is 27.7 Å². The summed E-state index contributed by atoms with van der Waals surface area (Å²) >= 11 is 0. The Bertz CT molecular complexity index is 281. The quantitative estimate of drug-likeness (QED) is 0.654. The van der Waals surface area contributed by atoms with Crippen LogP contribution in [0.2, 0.25) is 0 Å². The predicted molar refractivity (Wildman–Crippen MR) is 67.2 cm³/mol. The standard InChI is InChI=1S/C15H26O/c1-10(2)13-9-15(4)11(3)6-5-7-12(15)8-14(13)16/h10-13H,5-9H2,1-4H3/t11-,12+,13+,15+/m0/s1. The van der Waals surface area contributed by atoms with Gasteiger partial charge >= 0.3 is 0 Å². The van der Waals surface area contributed by atoms with E-state index >= 15 is 0 Å². The molecule has 2 rings (SSSR count). The van der Waals surface area contributed by atoms with E-state index in [0.29, 0.717) is 29.0 Å². The van der Waals surface area contributed by atoms with E-state index in [1.54, 1.807) is 0 Å². The second-order valence-electron chi connectivity index (χ2n) is 6.76. The summed E-state index contributed by atoms with van der Waals surface area (Å²) in [5.74, 6) is 2.90. The molecule has 0 aliphatic heterocycles. The number of Topliss-reactive ketones (excluding diaryl/α,β-unsaturated/α-hetero) is 1. The second-order valence-corrected chi connectivity index (χ2v) is 6.76. The molecule has 2 fully saturated rings. The topological polar surface area (TPSA) is 17.1 Å². The van der Waals surface area contributed by atoms with Crippen LogP contribution in [0, 0.1) is 29.1 Å². The number of carbonyl (C=O) groups excluding carboxylic acids is 1. The zero-order valence-corrected chi connectivity index (χ0v) is 11.3. The van der Waals surface area contributed by atoms with Gasteiger partial charge < -0.3 is 0 Å². The highest BCUT2D eigenvalue weighted by atomic mass is 16.1. The first-order valence-corrected chi connectivity index (χ1v) is 6.98. The summed E-state index contributed by atoms with van der Waals surface area (Å²) < 4.78 is 0. The SMILES string of the molecule is CC(C)[C@H]1C[C@@]2(C)[C@H](CCC[C@@H]2C)CC1=O. The molecule has 92 valence electrons. The van der Waals surface area contributed by atoms with E-state index < -0.39 is 0 Å². The highest BCUT2D eigenvalue weighted by molar-refractivity contribution is 5.82. The average Bonchev–Trinajstić information content (AvgIpc) is 2.20. The first kappa shape index (κ1) is 12.1. The molecule has 0 unspecified atom stereocenters. The van der Waals surface area contributed by atoms with Gasteiger partial charge in [0.15, 0.2) is 0 Å². The summed E-state index contributed by atoms with van der Waals surface area (Å²) in [6.45, 7) is 9.27. The Hall–Kier alpha value is -0.330. The third kappa shape index (κ3) is 1.83. The Labute approximate surface area is 100.0 Å². The first-order chi connectivity index (χ1) is 7.45. The summed E-state index contributed by atoms with van der Waals surface area (Å²) in [6.07, 6.45) is 6.00. The molecule has 0 bridgehead atoms. The Morgan fingerprint density at radius 1 is 1.31 bits per heavy atom. The second kappa shape index (κ2) is 4.16. The van der Waals surface area contributed by atoms with Gasteiger partial charge in [0.2, 0.25) is 0 Å². The van der Waals surface area contributed by atoms with Crippen molar-refractivity contribution in [3.05, 3.63) is 0 Å². The highest BCUT2D eigenvalue weighted by Crippen LogP contribution is 2.54. The minimum atomic E-state index is 0.335. The molecule has 2 saturated carbocycles. The molecular weight excluding hydrogens is 196 g/mol. The summed E-state index contributed by atoms with van der Waals surface area (Å²) in [4.78, 5) is 12.1. The van der Waals surface area contributed by atoms with E-state index in [1.807, 2.05) is 0 Å². The maximum Gasteiger partial charge on any atom is 0.136 e. The van der Waals surface area contributed by atoms with E-state index in [4.69, 9.17) is 0 Å². The maximum absolute atomic E-state index is 12.1. The largest absolute Gasteiger partial charge is 0.299 e. The minimum Gasteiger partial charge on any atom is -0.299 e. The summed E-state index contributed by atoms with van der Waals surface area (Å²) in [5.41, 5.74) is 0.446. The zero-order chi connectivity index (χ0) is 11.9. The van der Waals surface area contributed by atoms with Gasteiger partial charge in [0.1, 0.15) is 5.78 Å². The molecule has 0 radical (unpaired) electrons. The average molecular weight is 222 g/mol. The van der Waals surface area contributed by atoms with Crippen LogP contribution in [-0.2, 0) is 4.79 Å². The van der Waals surface area contributed by atoms with Crippen molar-refractivity contribution in [3.8, 4) is 0 Å². The van der Waals surface area contributed by atoms with Crippen LogP contribution >= 0.6 is 0 Å². The van der Waals surface area contributed by atoms with Gasteiger partial charge in [-0.2, -0.15) is 0 Å². The summed E-state index contributed by atoms with van der Waals surface area (Å²) in [6, 6.07) is 0. The van der Waals surface area contributed by atoms with E-state index in [9.17, 15) is 4.79 Å². The van der Waals surface area contributed by atoms with Gasteiger partial charge in [-0.1, -0.05) is 40.5 Å². The molecule has 1 nitrogen and oxygen atoms in total. The molecule has 0 aromatic heterocycles. The van der Waals surface area contributed by atoms with Crippen molar-refractivity contribution in [2.45, 2.75) is 59.8 Å². The lowest BCUT2D eigenvalue weighted by Crippen LogP contribution is -2.47. The third-order valence-corrected chi connectivity index (χ3v) is 5.57. The van der Waals surface area contributed by atoms with Crippen LogP contribution in [0.4, 0.5) is 0 Å². The van der Waals surface area contributed by atoms with E-state index in [0.717, 1.165) is 18.8 Å². The molecule has 0 spiro atoms. The lowest BCUT2D eigenvalue weighted by atomic mass is 9.52. The van der Waals surface area contributed by atoms with E-state index in [1.165, 1.54) is 19.3 Å². The fraction of sp³-hybridized carbons (Fsp3) is 0.933. The summed E-state index contributed by atoms with van der Waals surface area (Å²) in [7, 11) is 0. The van der Waals surface area contributed by atoms with Crippen molar-refractivity contribution in [2.75, 3.05) is 0 Å². The van der Waals surface area contributed by atoms with Crippen molar-refractivity contribution in [3.63, 3.8) is 0 Å². The lowest BCUT2D eigenvalue weighted by molar-refractivity contribution is -0.136. The van der Waals surface area contributed by atoms with Crippen molar-refractivity contribution in [1.82, 2.24) is 0 Å². The van der Waals surface area contributed by atoms with Crippen LogP contribution in [0.25, 0.3) is 0 Å². The Kier molecular flexibility index (Phi) is 3.16. The maximum atomic E-state index is 12.1. The number of carbonyl (C=O) groups is 1. The molecular formula is C15H26O. The molecule has 0 N–H and O–H groups in total. The smallest absolute Gasteiger partial charge is 0.136 e. The van der Waals surface area contributed by atoms with Crippen LogP contribution in [0.15, 0.2) is 0 Å². The molecule has 0 saturated heterocycles. The molecule has 1 heteroatoms. The Morgan fingerprint density at radius 2 is 2.00 bits per heavy atom. The number of rotatable bonds is 1. The molecule has 16 heavy (non-hydrogen) atoms. The number of hydrogen-bond acceptors (Lipinski definition) is 1. The lowest BCUT2D eigenvalue weighted by Gasteiger charge is -2.51.